The van der Waals surface area contributed by atoms with Crippen LogP contribution in [0.1, 0.15) is 25.5 Å². The van der Waals surface area contributed by atoms with Crippen molar-refractivity contribution in [2.45, 2.75) is 31.1 Å². The minimum absolute atomic E-state index is 0.620. The molecule has 0 saturated heterocycles. The van der Waals surface area contributed by atoms with Crippen LogP contribution in [0.4, 0.5) is 0 Å². The lowest BCUT2D eigenvalue weighted by atomic mass is 10.2. The number of para-hydroxylation sites is 1. The first-order valence-corrected chi connectivity index (χ1v) is 7.40. The van der Waals surface area contributed by atoms with E-state index < -0.39 is 0 Å². The molecule has 18 heavy (non-hydrogen) atoms. The smallest absolute Gasteiger partial charge is 0.0705 e. The zero-order valence-electron chi connectivity index (χ0n) is 10.7. The van der Waals surface area contributed by atoms with Gasteiger partial charge in [0.05, 0.1) is 11.2 Å². The first kappa shape index (κ1) is 13.5. The Kier molecular flexibility index (Phi) is 5.14. The summed E-state index contributed by atoms with van der Waals surface area (Å²) in [5.41, 5.74) is 2.18. The molecule has 1 N–H and O–H groups in total. The van der Waals surface area contributed by atoms with Gasteiger partial charge >= 0.3 is 0 Å². The van der Waals surface area contributed by atoms with E-state index in [0.29, 0.717) is 4.83 Å². The van der Waals surface area contributed by atoms with Crippen molar-refractivity contribution in [3.05, 3.63) is 42.1 Å². The van der Waals surface area contributed by atoms with Gasteiger partial charge in [-0.3, -0.25) is 4.98 Å². The molecule has 2 nitrogen and oxygen atoms in total. The topological polar surface area (TPSA) is 24.9 Å². The van der Waals surface area contributed by atoms with E-state index in [0.717, 1.165) is 30.7 Å². The van der Waals surface area contributed by atoms with Crippen LogP contribution >= 0.6 is 15.9 Å². The number of fused-ring (bicyclic) bond motifs is 1. The quantitative estimate of drug-likeness (QED) is 0.647. The molecule has 96 valence electrons. The van der Waals surface area contributed by atoms with E-state index in [9.17, 15) is 0 Å². The summed E-state index contributed by atoms with van der Waals surface area (Å²) in [6.07, 6.45) is 2.33. The van der Waals surface area contributed by atoms with Gasteiger partial charge in [0, 0.05) is 16.8 Å². The highest BCUT2D eigenvalue weighted by Crippen LogP contribution is 2.12. The second-order valence-corrected chi connectivity index (χ2v) is 5.76. The highest BCUT2D eigenvalue weighted by atomic mass is 79.9. The largest absolute Gasteiger partial charge is 0.311 e. The van der Waals surface area contributed by atoms with Gasteiger partial charge in [-0.2, -0.15) is 0 Å². The van der Waals surface area contributed by atoms with Gasteiger partial charge < -0.3 is 5.32 Å². The summed E-state index contributed by atoms with van der Waals surface area (Å²) in [5.74, 6) is 0. The zero-order valence-corrected chi connectivity index (χ0v) is 12.3. The number of pyridine rings is 1. The molecule has 0 bridgehead atoms. The summed E-state index contributed by atoms with van der Waals surface area (Å²) in [7, 11) is 0. The fourth-order valence-corrected chi connectivity index (χ4v) is 2.11. The Morgan fingerprint density at radius 2 is 2.06 bits per heavy atom. The van der Waals surface area contributed by atoms with Gasteiger partial charge in [-0.05, 0) is 31.5 Å². The molecule has 1 atom stereocenters. The number of hydrogen-bond donors (Lipinski definition) is 1. The maximum absolute atomic E-state index is 4.64. The predicted octanol–water partition coefficient (Wildman–Crippen LogP) is 3.89. The minimum Gasteiger partial charge on any atom is -0.311 e. The van der Waals surface area contributed by atoms with E-state index in [4.69, 9.17) is 0 Å². The molecule has 0 radical (unpaired) electrons. The Morgan fingerprint density at radius 1 is 1.22 bits per heavy atom. The predicted molar refractivity (Wildman–Crippen MR) is 81.1 cm³/mol. The standard InChI is InChI=1S/C15H19BrN2/c1-2-13(16)9-10-17-11-14-8-7-12-5-3-4-6-15(12)18-14/h3-8,13,17H,2,9-11H2,1H3. The molecular weight excluding hydrogens is 288 g/mol. The molecule has 1 unspecified atom stereocenters. The van der Waals surface area contributed by atoms with Crippen molar-refractivity contribution >= 4 is 26.8 Å². The molecule has 2 aromatic rings. The molecule has 0 spiro atoms. The van der Waals surface area contributed by atoms with Crippen LogP contribution in [0, 0.1) is 0 Å². The molecule has 1 aromatic heterocycles. The minimum atomic E-state index is 0.620. The van der Waals surface area contributed by atoms with Crippen molar-refractivity contribution in [3.63, 3.8) is 0 Å². The number of benzene rings is 1. The Bertz CT molecular complexity index is 499. The first-order chi connectivity index (χ1) is 8.79. The summed E-state index contributed by atoms with van der Waals surface area (Å²) in [4.78, 5) is 5.26. The van der Waals surface area contributed by atoms with Gasteiger partial charge in [0.15, 0.2) is 0 Å². The average molecular weight is 307 g/mol. The Balaban J connectivity index is 1.88. The highest BCUT2D eigenvalue weighted by molar-refractivity contribution is 9.09. The second kappa shape index (κ2) is 6.86. The monoisotopic (exact) mass is 306 g/mol. The van der Waals surface area contributed by atoms with E-state index in [2.05, 4.69) is 57.4 Å². The third-order valence-corrected chi connectivity index (χ3v) is 4.14. The van der Waals surface area contributed by atoms with Crippen LogP contribution < -0.4 is 5.32 Å². The molecule has 1 heterocycles. The van der Waals surface area contributed by atoms with E-state index in [1.54, 1.807) is 0 Å². The van der Waals surface area contributed by atoms with Crippen LogP contribution in [0.15, 0.2) is 36.4 Å². The average Bonchev–Trinajstić information content (AvgIpc) is 2.43. The fraction of sp³-hybridized carbons (Fsp3) is 0.400. The molecular formula is C15H19BrN2. The number of alkyl halides is 1. The Labute approximate surface area is 117 Å². The fourth-order valence-electron chi connectivity index (χ4n) is 1.89. The number of halogens is 1. The van der Waals surface area contributed by atoms with E-state index >= 15 is 0 Å². The number of aromatic nitrogens is 1. The Hall–Kier alpha value is -0.930. The SMILES string of the molecule is CCC(Br)CCNCc1ccc2ccccc2n1. The van der Waals surface area contributed by atoms with Crippen LogP contribution in [0.5, 0.6) is 0 Å². The lowest BCUT2D eigenvalue weighted by Crippen LogP contribution is -2.18. The summed E-state index contributed by atoms with van der Waals surface area (Å²) >= 11 is 3.64. The molecule has 0 aliphatic carbocycles. The third-order valence-electron chi connectivity index (χ3n) is 3.04. The van der Waals surface area contributed by atoms with Crippen molar-refractivity contribution in [1.82, 2.24) is 10.3 Å². The maximum Gasteiger partial charge on any atom is 0.0705 e. The molecule has 2 rings (SSSR count). The van der Waals surface area contributed by atoms with Gasteiger partial charge in [0.1, 0.15) is 0 Å². The van der Waals surface area contributed by atoms with Crippen LogP contribution in [-0.2, 0) is 6.54 Å². The van der Waals surface area contributed by atoms with Crippen molar-refractivity contribution in [3.8, 4) is 0 Å². The summed E-state index contributed by atoms with van der Waals surface area (Å²) in [6.45, 7) is 4.07. The number of nitrogens with zero attached hydrogens (tertiary/aromatic N) is 1. The van der Waals surface area contributed by atoms with Crippen LogP contribution in [0.2, 0.25) is 0 Å². The van der Waals surface area contributed by atoms with Crippen molar-refractivity contribution in [2.24, 2.45) is 0 Å². The number of hydrogen-bond acceptors (Lipinski definition) is 2. The van der Waals surface area contributed by atoms with Gasteiger partial charge in [0.25, 0.3) is 0 Å². The van der Waals surface area contributed by atoms with E-state index in [-0.39, 0.29) is 0 Å². The van der Waals surface area contributed by atoms with Gasteiger partial charge in [0.2, 0.25) is 0 Å². The van der Waals surface area contributed by atoms with Gasteiger partial charge in [-0.15, -0.1) is 0 Å². The second-order valence-electron chi connectivity index (χ2n) is 4.47. The van der Waals surface area contributed by atoms with Crippen molar-refractivity contribution < 1.29 is 0 Å². The normalized spacial score (nSPS) is 12.8. The molecule has 0 saturated carbocycles. The molecule has 0 fully saturated rings. The number of nitrogens with one attached hydrogen (secondary N) is 1. The number of rotatable bonds is 6. The Morgan fingerprint density at radius 3 is 2.89 bits per heavy atom. The van der Waals surface area contributed by atoms with Crippen molar-refractivity contribution in [2.75, 3.05) is 6.54 Å². The third kappa shape index (κ3) is 3.79. The highest BCUT2D eigenvalue weighted by Gasteiger charge is 2.01. The van der Waals surface area contributed by atoms with Crippen LogP contribution in [0.3, 0.4) is 0 Å². The van der Waals surface area contributed by atoms with Crippen LogP contribution in [0.25, 0.3) is 10.9 Å². The molecule has 3 heteroatoms. The van der Waals surface area contributed by atoms with Gasteiger partial charge in [-0.25, -0.2) is 0 Å². The van der Waals surface area contributed by atoms with E-state index in [1.165, 1.54) is 11.8 Å². The maximum atomic E-state index is 4.64. The van der Waals surface area contributed by atoms with Crippen LogP contribution in [-0.4, -0.2) is 16.4 Å². The summed E-state index contributed by atoms with van der Waals surface area (Å²) < 4.78 is 0. The molecule has 0 aliphatic heterocycles. The molecule has 1 aromatic carbocycles. The first-order valence-electron chi connectivity index (χ1n) is 6.49. The summed E-state index contributed by atoms with van der Waals surface area (Å²) in [6, 6.07) is 12.5. The van der Waals surface area contributed by atoms with Gasteiger partial charge in [-0.1, -0.05) is 47.1 Å². The molecule has 0 aliphatic rings. The lowest BCUT2D eigenvalue weighted by Gasteiger charge is -2.08. The molecule has 0 amide bonds. The zero-order chi connectivity index (χ0) is 12.8. The lowest BCUT2D eigenvalue weighted by molar-refractivity contribution is 0.624. The summed E-state index contributed by atoms with van der Waals surface area (Å²) in [5, 5.41) is 4.64. The van der Waals surface area contributed by atoms with Crippen molar-refractivity contribution in [1.29, 1.82) is 0 Å². The van der Waals surface area contributed by atoms with E-state index in [1.807, 2.05) is 12.1 Å².